The van der Waals surface area contributed by atoms with Crippen molar-refractivity contribution in [1.29, 1.82) is 0 Å². The monoisotopic (exact) mass is 313 g/mol. The average Bonchev–Trinajstić information content (AvgIpc) is 2.54. The number of ketones is 1. The normalized spacial score (nSPS) is 12.2. The molecule has 1 aromatic rings. The number of aromatic nitrogens is 2. The summed E-state index contributed by atoms with van der Waals surface area (Å²) < 4.78 is 38.2. The number of halogens is 4. The van der Waals surface area contributed by atoms with Gasteiger partial charge in [-0.2, -0.15) is 18.3 Å². The van der Waals surface area contributed by atoms with E-state index in [0.29, 0.717) is 6.54 Å². The molecule has 1 rings (SSSR count). The number of carbonyl (C=O) groups is 1. The van der Waals surface area contributed by atoms with Gasteiger partial charge in [-0.25, -0.2) is 0 Å². The molecule has 0 fully saturated rings. The molecule has 0 spiro atoms. The topological polar surface area (TPSA) is 38.1 Å². The number of hydrogen-bond donors (Lipinski definition) is 0. The summed E-state index contributed by atoms with van der Waals surface area (Å²) in [5, 5.41) is 3.74. The Balaban J connectivity index is 2.98. The smallest absolute Gasteiger partial charge is 0.308 e. The second kappa shape index (κ2) is 5.18. The highest BCUT2D eigenvalue weighted by Crippen LogP contribution is 2.26. The van der Waals surface area contributed by atoms with Gasteiger partial charge in [-0.15, -0.1) is 0 Å². The van der Waals surface area contributed by atoms with Gasteiger partial charge in [0.25, 0.3) is 5.78 Å². The lowest BCUT2D eigenvalue weighted by molar-refractivity contribution is -0.0892. The summed E-state index contributed by atoms with van der Waals surface area (Å²) in [6.07, 6.45) is -3.70. The Labute approximate surface area is 105 Å². The number of likely N-dealkylation sites (N-methyl/N-ethyl adjacent to an activating group) is 1. The Morgan fingerprint density at radius 2 is 2.12 bits per heavy atom. The molecule has 0 aliphatic heterocycles. The fourth-order valence-corrected chi connectivity index (χ4v) is 1.66. The summed E-state index contributed by atoms with van der Waals surface area (Å²) in [6, 6.07) is 0. The molecule has 0 amide bonds. The molecule has 1 aromatic heterocycles. The quantitative estimate of drug-likeness (QED) is 0.798. The van der Waals surface area contributed by atoms with Crippen molar-refractivity contribution in [3.8, 4) is 0 Å². The number of alkyl halides is 3. The van der Waals surface area contributed by atoms with E-state index in [0.717, 1.165) is 4.68 Å². The molecular weight excluding hydrogens is 303 g/mol. The van der Waals surface area contributed by atoms with E-state index in [1.165, 1.54) is 6.20 Å². The van der Waals surface area contributed by atoms with Gasteiger partial charge in [0.15, 0.2) is 0 Å². The van der Waals surface area contributed by atoms with Crippen molar-refractivity contribution in [2.24, 2.45) is 0 Å². The third-order valence-electron chi connectivity index (χ3n) is 2.03. The maximum Gasteiger partial charge on any atom is 0.456 e. The van der Waals surface area contributed by atoms with Crippen LogP contribution < -0.4 is 0 Å². The summed E-state index contributed by atoms with van der Waals surface area (Å²) in [5.74, 6) is -1.89. The van der Waals surface area contributed by atoms with E-state index in [9.17, 15) is 18.0 Å². The van der Waals surface area contributed by atoms with Crippen LogP contribution in [0.5, 0.6) is 0 Å². The highest BCUT2D eigenvalue weighted by molar-refractivity contribution is 9.10. The van der Waals surface area contributed by atoms with Crippen LogP contribution in [-0.2, 0) is 6.54 Å². The minimum atomic E-state index is -4.89. The number of nitrogens with zero attached hydrogens (tertiary/aromatic N) is 3. The molecule has 8 heteroatoms. The molecule has 0 aliphatic carbocycles. The van der Waals surface area contributed by atoms with Crippen molar-refractivity contribution in [3.63, 3.8) is 0 Å². The van der Waals surface area contributed by atoms with Crippen LogP contribution in [0, 0.1) is 0 Å². The van der Waals surface area contributed by atoms with Crippen molar-refractivity contribution >= 4 is 21.7 Å². The predicted molar refractivity (Wildman–Crippen MR) is 58.9 cm³/mol. The minimum absolute atomic E-state index is 0.0542. The van der Waals surface area contributed by atoms with Crippen molar-refractivity contribution in [2.75, 3.05) is 20.6 Å². The first-order valence-electron chi connectivity index (χ1n) is 4.71. The van der Waals surface area contributed by atoms with Crippen LogP contribution in [-0.4, -0.2) is 47.3 Å². The first kappa shape index (κ1) is 14.2. The zero-order chi connectivity index (χ0) is 13.2. The van der Waals surface area contributed by atoms with Gasteiger partial charge in [0, 0.05) is 6.54 Å². The van der Waals surface area contributed by atoms with Crippen LogP contribution in [0.15, 0.2) is 10.7 Å². The average molecular weight is 314 g/mol. The summed E-state index contributed by atoms with van der Waals surface area (Å²) >= 11 is 2.90. The fourth-order valence-electron chi connectivity index (χ4n) is 1.19. The van der Waals surface area contributed by atoms with Crippen LogP contribution in [0.2, 0.25) is 0 Å². The van der Waals surface area contributed by atoms with Crippen LogP contribution in [0.3, 0.4) is 0 Å². The Hall–Kier alpha value is -0.890. The molecule has 0 N–H and O–H groups in total. The van der Waals surface area contributed by atoms with E-state index in [1.807, 2.05) is 0 Å². The number of rotatable bonds is 4. The molecular formula is C9H11BrF3N3O. The summed E-state index contributed by atoms with van der Waals surface area (Å²) in [6.45, 7) is 0.710. The molecule has 1 heterocycles. The van der Waals surface area contributed by atoms with Gasteiger partial charge >= 0.3 is 6.18 Å². The van der Waals surface area contributed by atoms with E-state index >= 15 is 0 Å². The van der Waals surface area contributed by atoms with E-state index in [2.05, 4.69) is 21.0 Å². The van der Waals surface area contributed by atoms with E-state index in [-0.39, 0.29) is 11.0 Å². The third kappa shape index (κ3) is 3.53. The molecule has 96 valence electrons. The molecule has 0 radical (unpaired) electrons. The SMILES string of the molecule is CN(C)CCn1ncc(Br)c1C(=O)C(F)(F)F. The summed E-state index contributed by atoms with van der Waals surface area (Å²) in [7, 11) is 3.56. The molecule has 0 bridgehead atoms. The predicted octanol–water partition coefficient (Wildman–Crippen LogP) is 1.95. The van der Waals surface area contributed by atoms with Gasteiger partial charge in [0.05, 0.1) is 17.2 Å². The van der Waals surface area contributed by atoms with Crippen LogP contribution in [0.25, 0.3) is 0 Å². The third-order valence-corrected chi connectivity index (χ3v) is 2.61. The summed E-state index contributed by atoms with van der Waals surface area (Å²) in [5.41, 5.74) is -0.459. The van der Waals surface area contributed by atoms with Crippen LogP contribution in [0.4, 0.5) is 13.2 Å². The molecule has 0 aromatic carbocycles. The van der Waals surface area contributed by atoms with E-state index in [4.69, 9.17) is 0 Å². The van der Waals surface area contributed by atoms with Crippen molar-refractivity contribution in [1.82, 2.24) is 14.7 Å². The first-order chi connectivity index (χ1) is 7.73. The Kier molecular flexibility index (Phi) is 4.31. The van der Waals surface area contributed by atoms with Gasteiger partial charge < -0.3 is 4.90 Å². The molecule has 0 saturated carbocycles. The fraction of sp³-hybridized carbons (Fsp3) is 0.556. The lowest BCUT2D eigenvalue weighted by Gasteiger charge is -2.12. The van der Waals surface area contributed by atoms with E-state index < -0.39 is 17.7 Å². The largest absolute Gasteiger partial charge is 0.456 e. The second-order valence-electron chi connectivity index (χ2n) is 3.69. The summed E-state index contributed by atoms with van der Waals surface area (Å²) in [4.78, 5) is 13.0. The lowest BCUT2D eigenvalue weighted by atomic mass is 10.3. The molecule has 4 nitrogen and oxygen atoms in total. The second-order valence-corrected chi connectivity index (χ2v) is 4.55. The molecule has 17 heavy (non-hydrogen) atoms. The Morgan fingerprint density at radius 3 is 2.59 bits per heavy atom. The number of Topliss-reactive ketones (excluding diaryl/α,β-unsaturated/α-hetero) is 1. The van der Waals surface area contributed by atoms with Gasteiger partial charge in [-0.05, 0) is 30.0 Å². The zero-order valence-corrected chi connectivity index (χ0v) is 10.8. The molecule has 0 aliphatic rings. The zero-order valence-electron chi connectivity index (χ0n) is 9.25. The standard InChI is InChI=1S/C9H11BrF3N3O/c1-15(2)3-4-16-7(6(10)5-14-16)8(17)9(11,12)13/h5H,3-4H2,1-2H3. The molecule has 0 atom stereocenters. The van der Waals surface area contributed by atoms with E-state index in [1.54, 1.807) is 19.0 Å². The number of hydrogen-bond acceptors (Lipinski definition) is 3. The Bertz CT molecular complexity index is 414. The van der Waals surface area contributed by atoms with Gasteiger partial charge in [-0.1, -0.05) is 0 Å². The van der Waals surface area contributed by atoms with Gasteiger partial charge in [0.2, 0.25) is 0 Å². The minimum Gasteiger partial charge on any atom is -0.308 e. The first-order valence-corrected chi connectivity index (χ1v) is 5.50. The van der Waals surface area contributed by atoms with Crippen LogP contribution >= 0.6 is 15.9 Å². The maximum atomic E-state index is 12.3. The van der Waals surface area contributed by atoms with Crippen molar-refractivity contribution < 1.29 is 18.0 Å². The lowest BCUT2D eigenvalue weighted by Crippen LogP contribution is -2.28. The maximum absolute atomic E-state index is 12.3. The molecule has 0 saturated heterocycles. The van der Waals surface area contributed by atoms with Crippen molar-refractivity contribution in [2.45, 2.75) is 12.7 Å². The molecule has 0 unspecified atom stereocenters. The van der Waals surface area contributed by atoms with Gasteiger partial charge in [-0.3, -0.25) is 9.48 Å². The highest BCUT2D eigenvalue weighted by Gasteiger charge is 2.42. The van der Waals surface area contributed by atoms with Crippen LogP contribution in [0.1, 0.15) is 10.5 Å². The highest BCUT2D eigenvalue weighted by atomic mass is 79.9. The van der Waals surface area contributed by atoms with Crippen molar-refractivity contribution in [3.05, 3.63) is 16.4 Å². The van der Waals surface area contributed by atoms with Gasteiger partial charge in [0.1, 0.15) is 5.69 Å². The number of carbonyl (C=O) groups excluding carboxylic acids is 1. The Morgan fingerprint density at radius 1 is 1.53 bits per heavy atom.